The molecule has 2 atom stereocenters. The highest BCUT2D eigenvalue weighted by molar-refractivity contribution is 6.05. The quantitative estimate of drug-likeness (QED) is 0.727. The highest BCUT2D eigenvalue weighted by atomic mass is 16.3. The van der Waals surface area contributed by atoms with Gasteiger partial charge in [-0.1, -0.05) is 36.4 Å². The van der Waals surface area contributed by atoms with Gasteiger partial charge >= 0.3 is 0 Å². The standard InChI is InChI=1S/C24H24N2O3/c1-15-21(27)19-8-5-9-20(23(19)29-22(15)16-6-3-2-4-7-16)24(28)26-17-10-11-18(26)14-25-13-12-17/h2-9,17-18,25H,10-14H2,1H3. The van der Waals surface area contributed by atoms with Gasteiger partial charge in [-0.05, 0) is 44.9 Å². The third kappa shape index (κ3) is 2.97. The van der Waals surface area contributed by atoms with Crippen LogP contribution < -0.4 is 10.7 Å². The minimum Gasteiger partial charge on any atom is -0.455 e. The summed E-state index contributed by atoms with van der Waals surface area (Å²) in [4.78, 5) is 28.7. The summed E-state index contributed by atoms with van der Waals surface area (Å²) in [7, 11) is 0. The summed E-state index contributed by atoms with van der Waals surface area (Å²) >= 11 is 0. The Bertz CT molecular complexity index is 1120. The SMILES string of the molecule is Cc1c(-c2ccccc2)oc2c(C(=O)N3C4CCNCC3CC4)cccc2c1=O. The normalized spacial score (nSPS) is 21.3. The Hall–Kier alpha value is -2.92. The number of rotatable bonds is 2. The number of benzene rings is 2. The van der Waals surface area contributed by atoms with E-state index in [-0.39, 0.29) is 23.4 Å². The zero-order valence-electron chi connectivity index (χ0n) is 16.5. The van der Waals surface area contributed by atoms with Crippen LogP contribution in [0.3, 0.4) is 0 Å². The molecule has 2 bridgehead atoms. The van der Waals surface area contributed by atoms with E-state index < -0.39 is 0 Å². The molecule has 2 saturated heterocycles. The van der Waals surface area contributed by atoms with E-state index in [1.54, 1.807) is 25.1 Å². The van der Waals surface area contributed by atoms with E-state index in [0.29, 0.717) is 27.9 Å². The van der Waals surface area contributed by atoms with Crippen LogP contribution in [0.1, 0.15) is 35.2 Å². The first-order valence-electron chi connectivity index (χ1n) is 10.3. The van der Waals surface area contributed by atoms with Crippen molar-refractivity contribution in [2.75, 3.05) is 13.1 Å². The van der Waals surface area contributed by atoms with Crippen molar-refractivity contribution in [2.45, 2.75) is 38.3 Å². The number of nitrogens with zero attached hydrogens (tertiary/aromatic N) is 1. The van der Waals surface area contributed by atoms with Crippen LogP contribution in [0.25, 0.3) is 22.3 Å². The summed E-state index contributed by atoms with van der Waals surface area (Å²) in [5.74, 6) is 0.502. The lowest BCUT2D eigenvalue weighted by atomic mass is 10.0. The van der Waals surface area contributed by atoms with Crippen LogP contribution in [0.5, 0.6) is 0 Å². The average Bonchev–Trinajstić information content (AvgIpc) is 3.02. The Labute approximate surface area is 169 Å². The Morgan fingerprint density at radius 3 is 2.66 bits per heavy atom. The summed E-state index contributed by atoms with van der Waals surface area (Å²) in [6.45, 7) is 3.54. The van der Waals surface area contributed by atoms with Gasteiger partial charge in [-0.15, -0.1) is 0 Å². The molecule has 0 saturated carbocycles. The summed E-state index contributed by atoms with van der Waals surface area (Å²) in [5.41, 5.74) is 2.19. The van der Waals surface area contributed by atoms with E-state index >= 15 is 0 Å². The highest BCUT2D eigenvalue weighted by Gasteiger charge is 2.39. The van der Waals surface area contributed by atoms with Crippen LogP contribution in [-0.4, -0.2) is 36.0 Å². The lowest BCUT2D eigenvalue weighted by molar-refractivity contribution is 0.0681. The van der Waals surface area contributed by atoms with E-state index in [4.69, 9.17) is 4.42 Å². The van der Waals surface area contributed by atoms with Gasteiger partial charge in [0.15, 0.2) is 11.0 Å². The van der Waals surface area contributed by atoms with E-state index in [1.165, 1.54) is 0 Å². The summed E-state index contributed by atoms with van der Waals surface area (Å²) in [6.07, 6.45) is 3.03. The number of hydrogen-bond acceptors (Lipinski definition) is 4. The van der Waals surface area contributed by atoms with Gasteiger partial charge in [0.1, 0.15) is 5.76 Å². The lowest BCUT2D eigenvalue weighted by Crippen LogP contribution is -2.42. The number of carbonyl (C=O) groups is 1. The van der Waals surface area contributed by atoms with Gasteiger partial charge < -0.3 is 14.6 Å². The van der Waals surface area contributed by atoms with Gasteiger partial charge in [-0.25, -0.2) is 0 Å². The summed E-state index contributed by atoms with van der Waals surface area (Å²) < 4.78 is 6.26. The fourth-order valence-corrected chi connectivity index (χ4v) is 4.80. The second kappa shape index (κ2) is 7.16. The van der Waals surface area contributed by atoms with Crippen LogP contribution in [0, 0.1) is 6.92 Å². The second-order valence-corrected chi connectivity index (χ2v) is 8.02. The summed E-state index contributed by atoms with van der Waals surface area (Å²) in [6, 6.07) is 15.4. The number of hydrogen-bond donors (Lipinski definition) is 1. The number of nitrogens with one attached hydrogen (secondary N) is 1. The molecule has 29 heavy (non-hydrogen) atoms. The van der Waals surface area contributed by atoms with Crippen LogP contribution in [0.4, 0.5) is 0 Å². The first-order chi connectivity index (χ1) is 14.1. The van der Waals surface area contributed by atoms with Gasteiger partial charge in [-0.3, -0.25) is 9.59 Å². The number of para-hydroxylation sites is 1. The maximum atomic E-state index is 13.6. The Balaban J connectivity index is 1.68. The second-order valence-electron chi connectivity index (χ2n) is 8.02. The van der Waals surface area contributed by atoms with E-state index in [1.807, 2.05) is 35.2 Å². The van der Waals surface area contributed by atoms with Crippen LogP contribution >= 0.6 is 0 Å². The van der Waals surface area contributed by atoms with Crippen LogP contribution in [-0.2, 0) is 0 Å². The third-order valence-corrected chi connectivity index (χ3v) is 6.30. The number of carbonyl (C=O) groups excluding carboxylic acids is 1. The molecule has 148 valence electrons. The predicted molar refractivity (Wildman–Crippen MR) is 113 cm³/mol. The smallest absolute Gasteiger partial charge is 0.258 e. The van der Waals surface area contributed by atoms with Crippen LogP contribution in [0.2, 0.25) is 0 Å². The van der Waals surface area contributed by atoms with Crippen molar-refractivity contribution in [1.29, 1.82) is 0 Å². The molecule has 2 fully saturated rings. The summed E-state index contributed by atoms with van der Waals surface area (Å²) in [5, 5.41) is 3.90. The first kappa shape index (κ1) is 18.1. The molecule has 0 spiro atoms. The zero-order valence-corrected chi connectivity index (χ0v) is 16.5. The predicted octanol–water partition coefficient (Wildman–Crippen LogP) is 3.73. The molecule has 3 heterocycles. The number of fused-ring (bicyclic) bond motifs is 3. The largest absolute Gasteiger partial charge is 0.455 e. The molecule has 1 amide bonds. The van der Waals surface area contributed by atoms with Crippen molar-refractivity contribution in [2.24, 2.45) is 0 Å². The van der Waals surface area contributed by atoms with Gasteiger partial charge in [-0.2, -0.15) is 0 Å². The Kier molecular flexibility index (Phi) is 4.47. The van der Waals surface area contributed by atoms with Gasteiger partial charge in [0.25, 0.3) is 5.91 Å². The average molecular weight is 388 g/mol. The monoisotopic (exact) mass is 388 g/mol. The maximum Gasteiger partial charge on any atom is 0.258 e. The van der Waals surface area contributed by atoms with Gasteiger partial charge in [0, 0.05) is 29.8 Å². The minimum absolute atomic E-state index is 0.0298. The fourth-order valence-electron chi connectivity index (χ4n) is 4.80. The molecule has 5 rings (SSSR count). The molecule has 0 aliphatic carbocycles. The van der Waals surface area contributed by atoms with Crippen molar-refractivity contribution in [3.8, 4) is 11.3 Å². The molecule has 2 aliphatic heterocycles. The molecule has 1 N–H and O–H groups in total. The van der Waals surface area contributed by atoms with Gasteiger partial charge in [0.05, 0.1) is 10.9 Å². The zero-order chi connectivity index (χ0) is 20.0. The maximum absolute atomic E-state index is 13.6. The molecular weight excluding hydrogens is 364 g/mol. The fraction of sp³-hybridized carbons (Fsp3) is 0.333. The minimum atomic E-state index is -0.0831. The molecule has 1 aromatic heterocycles. The first-order valence-corrected chi connectivity index (χ1v) is 10.3. The Morgan fingerprint density at radius 1 is 1.03 bits per heavy atom. The lowest BCUT2D eigenvalue weighted by Gasteiger charge is -2.28. The molecule has 5 nitrogen and oxygen atoms in total. The van der Waals surface area contributed by atoms with Crippen molar-refractivity contribution in [3.63, 3.8) is 0 Å². The Morgan fingerprint density at radius 2 is 1.83 bits per heavy atom. The number of amides is 1. The van der Waals surface area contributed by atoms with Crippen molar-refractivity contribution < 1.29 is 9.21 Å². The van der Waals surface area contributed by atoms with Gasteiger partial charge in [0.2, 0.25) is 0 Å². The van der Waals surface area contributed by atoms with E-state index in [2.05, 4.69) is 5.32 Å². The van der Waals surface area contributed by atoms with E-state index in [9.17, 15) is 9.59 Å². The highest BCUT2D eigenvalue weighted by Crippen LogP contribution is 2.32. The molecule has 2 unspecified atom stereocenters. The molecule has 2 aromatic carbocycles. The van der Waals surface area contributed by atoms with Crippen molar-refractivity contribution in [1.82, 2.24) is 10.2 Å². The molecule has 5 heteroatoms. The molecule has 0 radical (unpaired) electrons. The van der Waals surface area contributed by atoms with Crippen LogP contribution in [0.15, 0.2) is 57.7 Å². The van der Waals surface area contributed by atoms with Crippen molar-refractivity contribution >= 4 is 16.9 Å². The molecule has 3 aromatic rings. The van der Waals surface area contributed by atoms with E-state index in [0.717, 1.165) is 37.9 Å². The topological polar surface area (TPSA) is 62.6 Å². The molecular formula is C24H24N2O3. The third-order valence-electron chi connectivity index (χ3n) is 6.30. The van der Waals surface area contributed by atoms with Crippen molar-refractivity contribution in [3.05, 3.63) is 69.9 Å². The molecule has 2 aliphatic rings.